The minimum Gasteiger partial charge on any atom is -0.488 e. The van der Waals surface area contributed by atoms with Gasteiger partial charge in [0.15, 0.2) is 0 Å². The Balaban J connectivity index is 0.000000492. The third-order valence-electron chi connectivity index (χ3n) is 5.85. The molecule has 3 rings (SSSR count). The Labute approximate surface area is 447 Å². The predicted octanol–water partition coefficient (Wildman–Crippen LogP) is 7.06. The Morgan fingerprint density at radius 2 is 0.754 bits per heavy atom. The molecule has 2 aromatic rings. The van der Waals surface area contributed by atoms with E-state index in [1.165, 1.54) is 17.8 Å². The molecule has 61 heavy (non-hydrogen) atoms. The highest BCUT2D eigenvalue weighted by Crippen LogP contribution is 2.41. The van der Waals surface area contributed by atoms with Gasteiger partial charge in [-0.2, -0.15) is 10.5 Å². The maximum absolute atomic E-state index is 9.44. The van der Waals surface area contributed by atoms with Gasteiger partial charge in [0.1, 0.15) is 22.7 Å². The molecule has 0 aliphatic heterocycles. The molecule has 0 bridgehead atoms. The summed E-state index contributed by atoms with van der Waals surface area (Å²) < 4.78 is 11.5. The van der Waals surface area contributed by atoms with Crippen molar-refractivity contribution < 1.29 is 9.47 Å². The first-order valence-corrected chi connectivity index (χ1v) is 53.3. The van der Waals surface area contributed by atoms with Crippen LogP contribution in [0.15, 0.2) is 48.5 Å². The first kappa shape index (κ1) is 62.4. The van der Waals surface area contributed by atoms with Gasteiger partial charge in [-0.25, -0.2) is 0 Å². The minimum absolute atomic E-state index is 0.170. The van der Waals surface area contributed by atoms with Gasteiger partial charge in [0.2, 0.25) is 0 Å². The van der Waals surface area contributed by atoms with E-state index in [2.05, 4.69) is 24.3 Å². The quantitative estimate of drug-likeness (QED) is 0.327. The predicted molar refractivity (Wildman–Crippen MR) is 342 cm³/mol. The molecule has 0 heterocycles. The molecule has 0 unspecified atom stereocenters. The van der Waals surface area contributed by atoms with Crippen LogP contribution in [0.5, 0.6) is 11.5 Å². The highest BCUT2D eigenvalue weighted by molar-refractivity contribution is 8.79. The number of hydrogen-bond acceptors (Lipinski definition) is 6. The second kappa shape index (κ2) is 41.2. The van der Waals surface area contributed by atoms with Gasteiger partial charge in [0, 0.05) is 262 Å². The largest absolute Gasteiger partial charge is 0.488 e. The highest BCUT2D eigenvalue weighted by Gasteiger charge is 2.35. The molecule has 0 atom stereocenters. The number of hydrogen-bond donors (Lipinski definition) is 0. The van der Waals surface area contributed by atoms with Gasteiger partial charge in [-0.1, -0.05) is 37.1 Å². The van der Waals surface area contributed by atoms with Crippen molar-refractivity contribution in [3.63, 3.8) is 0 Å². The van der Waals surface area contributed by atoms with E-state index in [1.807, 2.05) is 176 Å². The molecule has 33 heteroatoms. The number of rotatable bonds is 4. The standard InChI is InChI=1S/C16H21NO.C12H15NO.S29/c1-15(2,3)18-14-8-6-13(7-9-14)16(12-17)10-4-5-11-16;1-12(2,3)14-11-6-4-10(5-7-11)8-9-13;1-3-5-7-9-11-13-15-17-19-21-23-25-27-29-28-26-24-22-20-18-16-14-12-10-8-6-4-2/h6-9H,4-5,10-11H2,1-3H3;4-7H,8H2,1-3H3;. The zero-order valence-electron chi connectivity index (χ0n) is 32.2. The van der Waals surface area contributed by atoms with Crippen molar-refractivity contribution in [2.45, 2.75) is 90.3 Å². The van der Waals surface area contributed by atoms with Gasteiger partial charge in [-0.15, -0.1) is 0 Å². The summed E-state index contributed by atoms with van der Waals surface area (Å²) in [6.07, 6.45) is 4.75. The molecule has 1 saturated carbocycles. The normalized spacial score (nSPS) is 11.5. The summed E-state index contributed by atoms with van der Waals surface area (Å²) in [5.74, 6) is 1.72. The van der Waals surface area contributed by atoms with Crippen LogP contribution in [0.4, 0.5) is 0 Å². The van der Waals surface area contributed by atoms with Gasteiger partial charge >= 0.3 is 0 Å². The van der Waals surface area contributed by atoms with Crippen molar-refractivity contribution in [3.05, 3.63) is 59.7 Å². The maximum Gasteiger partial charge on any atom is 0.120 e. The molecule has 4 nitrogen and oxygen atoms in total. The van der Waals surface area contributed by atoms with E-state index >= 15 is 0 Å². The van der Waals surface area contributed by atoms with Crippen LogP contribution in [0.1, 0.15) is 78.4 Å². The van der Waals surface area contributed by atoms with Gasteiger partial charge in [-0.05, 0) is 89.8 Å². The van der Waals surface area contributed by atoms with Crippen LogP contribution >= 0.6 is 0 Å². The van der Waals surface area contributed by atoms with E-state index in [-0.39, 0.29) is 16.6 Å². The summed E-state index contributed by atoms with van der Waals surface area (Å²) in [5, 5.41) is 17.9. The van der Waals surface area contributed by atoms with Crippen molar-refractivity contribution in [2.75, 3.05) is 0 Å². The van der Waals surface area contributed by atoms with Crippen LogP contribution < -0.4 is 9.47 Å². The first-order chi connectivity index (χ1) is 29.4. The van der Waals surface area contributed by atoms with Crippen LogP contribution in [-0.4, -0.2) is 11.2 Å². The molecule has 0 spiro atoms. The van der Waals surface area contributed by atoms with E-state index in [4.69, 9.17) is 37.1 Å². The second-order valence-electron chi connectivity index (χ2n) is 12.2. The van der Waals surface area contributed by atoms with E-state index in [1.54, 1.807) is 124 Å². The molecule has 2 aromatic carbocycles. The Morgan fingerprint density at radius 1 is 0.475 bits per heavy atom. The van der Waals surface area contributed by atoms with Crippen molar-refractivity contribution in [2.24, 2.45) is 0 Å². The van der Waals surface area contributed by atoms with Crippen LogP contribution in [-0.2, 0) is 274 Å². The Kier molecular flexibility index (Phi) is 42.2. The molecule has 0 aromatic heterocycles. The fourth-order valence-electron chi connectivity index (χ4n) is 4.04. The average molecular weight is 1360 g/mol. The first-order valence-electron chi connectivity index (χ1n) is 16.0. The van der Waals surface area contributed by atoms with Crippen LogP contribution in [0, 0.1) is 22.7 Å². The maximum atomic E-state index is 9.44. The molecule has 0 saturated heterocycles. The van der Waals surface area contributed by atoms with Crippen molar-refractivity contribution in [1.82, 2.24) is 0 Å². The van der Waals surface area contributed by atoms with E-state index < -0.39 is 0 Å². The third-order valence-corrected chi connectivity index (χ3v) is 63.6. The number of nitriles is 2. The molecule has 1 fully saturated rings. The third kappa shape index (κ3) is 37.0. The van der Waals surface area contributed by atoms with Crippen molar-refractivity contribution in [3.8, 4) is 23.6 Å². The summed E-state index contributed by atoms with van der Waals surface area (Å²) >= 11 is 9.57. The number of ether oxygens (including phenoxy) is 2. The summed E-state index contributed by atoms with van der Waals surface area (Å²) in [6.45, 7) is 12.1. The minimum atomic E-state index is -0.250. The van der Waals surface area contributed by atoms with Crippen LogP contribution in [0.2, 0.25) is 0 Å². The zero-order chi connectivity index (χ0) is 44.9. The Morgan fingerprint density at radius 3 is 1.00 bits per heavy atom. The molecule has 0 radical (unpaired) electrons. The molecule has 1 aliphatic carbocycles. The zero-order valence-corrected chi connectivity index (χ0v) is 55.9. The lowest BCUT2D eigenvalue weighted by Gasteiger charge is -2.23. The topological polar surface area (TPSA) is 66.0 Å². The van der Waals surface area contributed by atoms with Gasteiger partial charge in [0.05, 0.1) is 24.0 Å². The fraction of sp³-hybridized carbons (Fsp3) is 0.500. The van der Waals surface area contributed by atoms with E-state index in [0.717, 1.165) is 48.3 Å². The molecule has 0 amide bonds. The summed E-state index contributed by atoms with van der Waals surface area (Å²) in [6, 6.07) is 20.3. The Hall–Kier alpha value is 3.40. The summed E-state index contributed by atoms with van der Waals surface area (Å²) in [5.41, 5.74) is 1.57. The molecular weight excluding hydrogens is 1330 g/mol. The molecular formula is C28H36N2O2S29. The highest BCUT2D eigenvalue weighted by atomic mass is 33.5. The molecule has 344 valence electrons. The van der Waals surface area contributed by atoms with Crippen molar-refractivity contribution >= 4 is 262 Å². The fourth-order valence-corrected chi connectivity index (χ4v) is 72.7. The smallest absolute Gasteiger partial charge is 0.120 e. The number of nitrogens with zero attached hydrogens (tertiary/aromatic N) is 2. The monoisotopic (exact) mass is 1360 g/mol. The van der Waals surface area contributed by atoms with Crippen molar-refractivity contribution in [1.29, 1.82) is 10.5 Å². The van der Waals surface area contributed by atoms with Gasteiger partial charge < -0.3 is 9.47 Å². The van der Waals surface area contributed by atoms with Crippen LogP contribution in [0.3, 0.4) is 0 Å². The molecule has 1 aliphatic rings. The Bertz CT molecular complexity index is 2980. The van der Waals surface area contributed by atoms with Gasteiger partial charge in [0.25, 0.3) is 0 Å². The lowest BCUT2D eigenvalue weighted by Crippen LogP contribution is -2.23. The SMILES string of the molecule is CC(C)(C)Oc1ccc(C2(C#N)CCCC2)cc1.CC(C)(C)Oc1ccc(CC#N)cc1.S=S=S=S=S=S=S=S=S=S=S=S=S=S=S=S=S=S=S=S=S=S=S=S=S=S=S=S=S. The van der Waals surface area contributed by atoms with E-state index in [0.29, 0.717) is 6.42 Å². The van der Waals surface area contributed by atoms with E-state index in [9.17, 15) is 5.26 Å². The summed E-state index contributed by atoms with van der Waals surface area (Å²) in [4.78, 5) is 0. The summed E-state index contributed by atoms with van der Waals surface area (Å²) in [7, 11) is 47.3. The second-order valence-corrected chi connectivity index (χ2v) is 59.9. The van der Waals surface area contributed by atoms with Gasteiger partial charge in [-0.3, -0.25) is 0 Å². The number of benzene rings is 2. The lowest BCUT2D eigenvalue weighted by atomic mass is 9.80. The average Bonchev–Trinajstić information content (AvgIpc) is 3.72. The lowest BCUT2D eigenvalue weighted by molar-refractivity contribution is 0.130. The van der Waals surface area contributed by atoms with Crippen LogP contribution in [0.25, 0.3) is 0 Å². The molecule has 0 N–H and O–H groups in total.